The first-order valence-electron chi connectivity index (χ1n) is 13.9. The van der Waals surface area contributed by atoms with E-state index in [9.17, 15) is 9.18 Å². The van der Waals surface area contributed by atoms with Crippen LogP contribution in [-0.2, 0) is 11.8 Å². The number of nitrogens with one attached hydrogen (secondary N) is 2. The number of anilines is 2. The second kappa shape index (κ2) is 11.6. The van der Waals surface area contributed by atoms with Gasteiger partial charge in [0.1, 0.15) is 17.3 Å². The van der Waals surface area contributed by atoms with E-state index < -0.39 is 0 Å². The summed E-state index contributed by atoms with van der Waals surface area (Å²) in [7, 11) is 4.03. The molecule has 9 heteroatoms. The van der Waals surface area contributed by atoms with Crippen LogP contribution < -0.4 is 15.4 Å². The predicted octanol–water partition coefficient (Wildman–Crippen LogP) is 6.43. The molecule has 5 rings (SSSR count). The molecule has 2 atom stereocenters. The Labute approximate surface area is 234 Å². The molecule has 40 heavy (non-hydrogen) atoms. The lowest BCUT2D eigenvalue weighted by atomic mass is 9.95. The van der Waals surface area contributed by atoms with Crippen LogP contribution in [0.5, 0.6) is 11.5 Å². The van der Waals surface area contributed by atoms with Crippen LogP contribution in [0.4, 0.5) is 16.0 Å². The predicted molar refractivity (Wildman–Crippen MR) is 156 cm³/mol. The van der Waals surface area contributed by atoms with Crippen molar-refractivity contribution >= 4 is 28.6 Å². The molecule has 0 saturated carbocycles. The average molecular weight is 545 g/mol. The molecule has 1 saturated heterocycles. The van der Waals surface area contributed by atoms with Gasteiger partial charge in [-0.3, -0.25) is 14.7 Å². The van der Waals surface area contributed by atoms with Gasteiger partial charge in [0, 0.05) is 50.1 Å². The number of likely N-dealkylation sites (tertiary alicyclic amines) is 1. The van der Waals surface area contributed by atoms with Crippen LogP contribution in [0.2, 0.25) is 0 Å². The summed E-state index contributed by atoms with van der Waals surface area (Å²) in [5.41, 5.74) is 4.09. The lowest BCUT2D eigenvalue weighted by Crippen LogP contribution is -2.44. The van der Waals surface area contributed by atoms with E-state index in [4.69, 9.17) is 9.72 Å². The molecule has 1 amide bonds. The molecule has 8 nitrogen and oxygen atoms in total. The first-order valence-corrected chi connectivity index (χ1v) is 13.9. The van der Waals surface area contributed by atoms with Gasteiger partial charge in [0.15, 0.2) is 0 Å². The Balaban J connectivity index is 1.33. The first-order chi connectivity index (χ1) is 19.2. The molecule has 1 aliphatic heterocycles. The van der Waals surface area contributed by atoms with Crippen LogP contribution in [0.25, 0.3) is 11.0 Å². The number of hydrogen-bond acceptors (Lipinski definition) is 6. The number of imidazole rings is 1. The van der Waals surface area contributed by atoms with E-state index >= 15 is 0 Å². The largest absolute Gasteiger partial charge is 0.457 e. The van der Waals surface area contributed by atoms with Crippen molar-refractivity contribution in [1.82, 2.24) is 24.8 Å². The number of rotatable bonds is 8. The smallest absolute Gasteiger partial charge is 0.219 e. The van der Waals surface area contributed by atoms with Crippen LogP contribution in [-0.4, -0.2) is 45.0 Å². The molecule has 1 fully saturated rings. The molecular formula is C31H37FN6O2. The van der Waals surface area contributed by atoms with Crippen LogP contribution in [0.3, 0.4) is 0 Å². The summed E-state index contributed by atoms with van der Waals surface area (Å²) < 4.78 is 22.4. The fraction of sp³-hybridized carbons (Fsp3) is 0.387. The standard InChI is InChI=1S/C31H37FN6O2/c1-6-30(39)34-21-12-14-37(4)29(16-21)26-17-23(11-13-33-26)40-22-8-10-28-27(18-22)36-31(38(28)5)35-20-7-9-25(32)24(15-20)19(2)3/h7-11,13,15,17-19,21,29H,6,12,14,16H2,1-5H3,(H,34,39)(H,35,36). The Morgan fingerprint density at radius 1 is 1.12 bits per heavy atom. The minimum absolute atomic E-state index is 0.0810. The molecule has 2 aromatic carbocycles. The van der Waals surface area contributed by atoms with Crippen molar-refractivity contribution in [3.63, 3.8) is 0 Å². The number of halogens is 1. The second-order valence-corrected chi connectivity index (χ2v) is 10.8. The highest BCUT2D eigenvalue weighted by atomic mass is 19.1. The number of fused-ring (bicyclic) bond motifs is 1. The molecule has 2 unspecified atom stereocenters. The maximum atomic E-state index is 14.2. The topological polar surface area (TPSA) is 84.3 Å². The van der Waals surface area contributed by atoms with Crippen molar-refractivity contribution in [2.45, 2.75) is 58.0 Å². The second-order valence-electron chi connectivity index (χ2n) is 10.8. The number of piperidine rings is 1. The van der Waals surface area contributed by atoms with E-state index in [1.807, 2.05) is 68.8 Å². The monoisotopic (exact) mass is 544 g/mol. The van der Waals surface area contributed by atoms with Crippen LogP contribution in [0.15, 0.2) is 54.7 Å². The molecule has 3 heterocycles. The molecular weight excluding hydrogens is 507 g/mol. The number of amides is 1. The van der Waals surface area contributed by atoms with Gasteiger partial charge in [-0.25, -0.2) is 9.37 Å². The van der Waals surface area contributed by atoms with E-state index in [-0.39, 0.29) is 29.7 Å². The minimum Gasteiger partial charge on any atom is -0.457 e. The van der Waals surface area contributed by atoms with Gasteiger partial charge in [0.2, 0.25) is 11.9 Å². The summed E-state index contributed by atoms with van der Waals surface area (Å²) in [5.74, 6) is 1.98. The highest BCUT2D eigenvalue weighted by Gasteiger charge is 2.29. The summed E-state index contributed by atoms with van der Waals surface area (Å²) in [4.78, 5) is 23.6. The normalized spacial score (nSPS) is 17.8. The number of hydrogen-bond donors (Lipinski definition) is 2. The number of nitrogens with zero attached hydrogens (tertiary/aromatic N) is 4. The highest BCUT2D eigenvalue weighted by Crippen LogP contribution is 2.33. The van der Waals surface area contributed by atoms with E-state index in [1.54, 1.807) is 12.3 Å². The molecule has 4 aromatic rings. The Bertz CT molecular complexity index is 1520. The number of benzene rings is 2. The van der Waals surface area contributed by atoms with Gasteiger partial charge in [-0.1, -0.05) is 20.8 Å². The van der Waals surface area contributed by atoms with Crippen molar-refractivity contribution in [1.29, 1.82) is 0 Å². The van der Waals surface area contributed by atoms with E-state index in [0.29, 0.717) is 29.4 Å². The van der Waals surface area contributed by atoms with Crippen molar-refractivity contribution < 1.29 is 13.9 Å². The van der Waals surface area contributed by atoms with Crippen molar-refractivity contribution in [3.8, 4) is 11.5 Å². The molecule has 2 aromatic heterocycles. The summed E-state index contributed by atoms with van der Waals surface area (Å²) in [6, 6.07) is 14.9. The van der Waals surface area contributed by atoms with Crippen molar-refractivity contribution in [2.75, 3.05) is 18.9 Å². The lowest BCUT2D eigenvalue weighted by Gasteiger charge is -2.37. The van der Waals surface area contributed by atoms with Gasteiger partial charge in [-0.15, -0.1) is 0 Å². The summed E-state index contributed by atoms with van der Waals surface area (Å²) in [5, 5.41) is 6.46. The van der Waals surface area contributed by atoms with Crippen molar-refractivity contribution in [3.05, 3.63) is 71.8 Å². The van der Waals surface area contributed by atoms with E-state index in [0.717, 1.165) is 41.8 Å². The van der Waals surface area contributed by atoms with Gasteiger partial charge in [0.25, 0.3) is 0 Å². The third kappa shape index (κ3) is 5.94. The molecule has 0 bridgehead atoms. The fourth-order valence-corrected chi connectivity index (χ4v) is 5.25. The van der Waals surface area contributed by atoms with Gasteiger partial charge in [-0.2, -0.15) is 0 Å². The van der Waals surface area contributed by atoms with Gasteiger partial charge >= 0.3 is 0 Å². The van der Waals surface area contributed by atoms with Gasteiger partial charge < -0.3 is 19.9 Å². The quantitative estimate of drug-likeness (QED) is 0.266. The van der Waals surface area contributed by atoms with Gasteiger partial charge in [0.05, 0.1) is 22.8 Å². The number of carbonyl (C=O) groups is 1. The van der Waals surface area contributed by atoms with Crippen LogP contribution >= 0.6 is 0 Å². The van der Waals surface area contributed by atoms with Crippen molar-refractivity contribution in [2.24, 2.45) is 7.05 Å². The van der Waals surface area contributed by atoms with Gasteiger partial charge in [-0.05, 0) is 67.8 Å². The number of aromatic nitrogens is 3. The zero-order valence-electron chi connectivity index (χ0n) is 23.7. The molecule has 0 radical (unpaired) electrons. The van der Waals surface area contributed by atoms with Crippen LogP contribution in [0, 0.1) is 5.82 Å². The Hall–Kier alpha value is -3.98. The number of carbonyl (C=O) groups excluding carboxylic acids is 1. The number of aryl methyl sites for hydroxylation is 1. The summed E-state index contributed by atoms with van der Waals surface area (Å²) in [6.07, 6.45) is 3.99. The molecule has 1 aliphatic rings. The average Bonchev–Trinajstić information content (AvgIpc) is 3.24. The molecule has 210 valence electrons. The Morgan fingerprint density at radius 2 is 1.93 bits per heavy atom. The molecule has 2 N–H and O–H groups in total. The highest BCUT2D eigenvalue weighted by molar-refractivity contribution is 5.81. The summed E-state index contributed by atoms with van der Waals surface area (Å²) in [6.45, 7) is 6.70. The third-order valence-electron chi connectivity index (χ3n) is 7.61. The molecule has 0 aliphatic carbocycles. The zero-order valence-corrected chi connectivity index (χ0v) is 23.7. The maximum absolute atomic E-state index is 14.2. The first kappa shape index (κ1) is 27.6. The Morgan fingerprint density at radius 3 is 2.70 bits per heavy atom. The third-order valence-corrected chi connectivity index (χ3v) is 7.61. The zero-order chi connectivity index (χ0) is 28.4. The number of ether oxygens (including phenoxy) is 1. The fourth-order valence-electron chi connectivity index (χ4n) is 5.25. The van der Waals surface area contributed by atoms with E-state index in [1.165, 1.54) is 6.07 Å². The van der Waals surface area contributed by atoms with E-state index in [2.05, 4.69) is 27.6 Å². The summed E-state index contributed by atoms with van der Waals surface area (Å²) >= 11 is 0. The minimum atomic E-state index is -0.204. The lowest BCUT2D eigenvalue weighted by molar-refractivity contribution is -0.121. The number of pyridine rings is 1. The SMILES string of the molecule is CCC(=O)NC1CCN(C)C(c2cc(Oc3ccc4c(c3)nc(Nc3ccc(F)c(C(C)C)c3)n4C)ccn2)C1. The maximum Gasteiger partial charge on any atom is 0.219 e. The Kier molecular flexibility index (Phi) is 8.02. The van der Waals surface area contributed by atoms with Crippen LogP contribution in [0.1, 0.15) is 63.3 Å². The molecule has 0 spiro atoms.